The Morgan fingerprint density at radius 1 is 1.39 bits per heavy atom. The molecule has 0 spiro atoms. The summed E-state index contributed by atoms with van der Waals surface area (Å²) in [7, 11) is 0. The fourth-order valence-corrected chi connectivity index (χ4v) is 2.95. The number of aryl methyl sites for hydroxylation is 1. The van der Waals surface area contributed by atoms with Gasteiger partial charge in [-0.15, -0.1) is 0 Å². The van der Waals surface area contributed by atoms with Crippen molar-refractivity contribution < 1.29 is 14.0 Å². The number of benzene rings is 1. The molecule has 6 heteroatoms. The van der Waals surface area contributed by atoms with Crippen molar-refractivity contribution in [2.45, 2.75) is 39.3 Å². The molecular weight excluding hydrogens is 297 g/mol. The Hall–Kier alpha value is -1.79. The number of hydrogen-bond donors (Lipinski definition) is 1. The Morgan fingerprint density at radius 3 is 2.78 bits per heavy atom. The van der Waals surface area contributed by atoms with E-state index < -0.39 is 0 Å². The third-order valence-electron chi connectivity index (χ3n) is 4.57. The van der Waals surface area contributed by atoms with Gasteiger partial charge in [0.1, 0.15) is 5.82 Å². The summed E-state index contributed by atoms with van der Waals surface area (Å²) in [6.07, 6.45) is 1.70. The summed E-state index contributed by atoms with van der Waals surface area (Å²) in [5.41, 5.74) is 1.22. The molecule has 0 saturated carbocycles. The summed E-state index contributed by atoms with van der Waals surface area (Å²) in [4.78, 5) is 6.61. The first kappa shape index (κ1) is 16.1. The number of hydrogen-bond acceptors (Lipinski definition) is 5. The van der Waals surface area contributed by atoms with E-state index in [2.05, 4.69) is 15.0 Å². The molecule has 23 heavy (non-hydrogen) atoms. The first-order valence-electron chi connectivity index (χ1n) is 8.02. The van der Waals surface area contributed by atoms with Gasteiger partial charge in [0.25, 0.3) is 0 Å². The predicted molar refractivity (Wildman–Crippen MR) is 84.1 cm³/mol. The molecule has 1 aliphatic rings. The molecule has 1 fully saturated rings. The van der Waals surface area contributed by atoms with Crippen LogP contribution in [0.5, 0.6) is 0 Å². The standard InChI is InChI=1S/C17H22FN3O2/c1-11-3-4-14(9-15(11)18)17-19-16(23-20-17)10-21-7-5-13(6-8-21)12(2)22/h3-4,9,12-13,22H,5-8,10H2,1-2H3. The zero-order valence-electron chi connectivity index (χ0n) is 13.5. The van der Waals surface area contributed by atoms with Crippen molar-refractivity contribution in [3.05, 3.63) is 35.5 Å². The molecule has 0 bridgehead atoms. The average Bonchev–Trinajstić information content (AvgIpc) is 2.99. The normalized spacial score (nSPS) is 18.3. The van der Waals surface area contributed by atoms with E-state index in [0.717, 1.165) is 25.9 Å². The second-order valence-electron chi connectivity index (χ2n) is 6.33. The van der Waals surface area contributed by atoms with Crippen LogP contribution >= 0.6 is 0 Å². The number of piperidine rings is 1. The Labute approximate surface area is 135 Å². The summed E-state index contributed by atoms with van der Waals surface area (Å²) in [5.74, 6) is 1.06. The number of aliphatic hydroxyl groups excluding tert-OH is 1. The molecule has 0 radical (unpaired) electrons. The van der Waals surface area contributed by atoms with Crippen molar-refractivity contribution in [1.82, 2.24) is 15.0 Å². The molecule has 0 aliphatic carbocycles. The third kappa shape index (κ3) is 3.76. The number of aliphatic hydroxyl groups is 1. The lowest BCUT2D eigenvalue weighted by molar-refractivity contribution is 0.0660. The van der Waals surface area contributed by atoms with Crippen LogP contribution in [0, 0.1) is 18.7 Å². The van der Waals surface area contributed by atoms with Crippen molar-refractivity contribution in [2.24, 2.45) is 5.92 Å². The van der Waals surface area contributed by atoms with Crippen LogP contribution in [0.2, 0.25) is 0 Å². The molecular formula is C17H22FN3O2. The van der Waals surface area contributed by atoms with E-state index in [4.69, 9.17) is 4.52 Å². The summed E-state index contributed by atoms with van der Waals surface area (Å²) < 4.78 is 18.9. The number of halogens is 1. The lowest BCUT2D eigenvalue weighted by atomic mass is 9.92. The number of likely N-dealkylation sites (tertiary alicyclic amines) is 1. The van der Waals surface area contributed by atoms with Gasteiger partial charge in [-0.3, -0.25) is 4.90 Å². The summed E-state index contributed by atoms with van der Waals surface area (Å²) in [6, 6.07) is 4.93. The smallest absolute Gasteiger partial charge is 0.241 e. The highest BCUT2D eigenvalue weighted by atomic mass is 19.1. The monoisotopic (exact) mass is 319 g/mol. The molecule has 3 rings (SSSR count). The molecule has 1 unspecified atom stereocenters. The van der Waals surface area contributed by atoms with Gasteiger partial charge in [0.15, 0.2) is 0 Å². The van der Waals surface area contributed by atoms with Crippen LogP contribution in [0.15, 0.2) is 22.7 Å². The van der Waals surface area contributed by atoms with Crippen molar-refractivity contribution in [3.63, 3.8) is 0 Å². The van der Waals surface area contributed by atoms with Gasteiger partial charge in [0.2, 0.25) is 11.7 Å². The summed E-state index contributed by atoms with van der Waals surface area (Å²) in [6.45, 7) is 5.98. The zero-order valence-corrected chi connectivity index (χ0v) is 13.5. The lowest BCUT2D eigenvalue weighted by Gasteiger charge is -2.32. The van der Waals surface area contributed by atoms with E-state index in [-0.39, 0.29) is 11.9 Å². The van der Waals surface area contributed by atoms with E-state index in [9.17, 15) is 9.50 Å². The van der Waals surface area contributed by atoms with Gasteiger partial charge in [-0.25, -0.2) is 4.39 Å². The van der Waals surface area contributed by atoms with Crippen LogP contribution in [0.25, 0.3) is 11.4 Å². The fraction of sp³-hybridized carbons (Fsp3) is 0.529. The SMILES string of the molecule is Cc1ccc(-c2noc(CN3CCC(C(C)O)CC3)n2)cc1F. The van der Waals surface area contributed by atoms with Crippen LogP contribution in [-0.4, -0.2) is 39.3 Å². The van der Waals surface area contributed by atoms with Gasteiger partial charge in [0.05, 0.1) is 12.6 Å². The molecule has 1 aromatic carbocycles. The Morgan fingerprint density at radius 2 is 2.13 bits per heavy atom. The molecule has 1 atom stereocenters. The van der Waals surface area contributed by atoms with Crippen molar-refractivity contribution in [2.75, 3.05) is 13.1 Å². The van der Waals surface area contributed by atoms with E-state index in [1.165, 1.54) is 6.07 Å². The maximum Gasteiger partial charge on any atom is 0.241 e. The predicted octanol–water partition coefficient (Wildman–Crippen LogP) is 2.78. The van der Waals surface area contributed by atoms with Gasteiger partial charge < -0.3 is 9.63 Å². The molecule has 0 amide bonds. The molecule has 124 valence electrons. The molecule has 1 saturated heterocycles. The highest BCUT2D eigenvalue weighted by Gasteiger charge is 2.23. The first-order chi connectivity index (χ1) is 11.0. The van der Waals surface area contributed by atoms with Crippen LogP contribution in [0.1, 0.15) is 31.2 Å². The number of nitrogens with zero attached hydrogens (tertiary/aromatic N) is 3. The molecule has 5 nitrogen and oxygen atoms in total. The molecule has 1 aliphatic heterocycles. The zero-order chi connectivity index (χ0) is 16.4. The van der Waals surface area contributed by atoms with E-state index in [0.29, 0.717) is 35.3 Å². The number of rotatable bonds is 4. The van der Waals surface area contributed by atoms with Gasteiger partial charge in [-0.1, -0.05) is 17.3 Å². The second kappa shape index (κ2) is 6.76. The topological polar surface area (TPSA) is 62.4 Å². The fourth-order valence-electron chi connectivity index (χ4n) is 2.95. The highest BCUT2D eigenvalue weighted by molar-refractivity contribution is 5.54. The van der Waals surface area contributed by atoms with Crippen LogP contribution in [-0.2, 0) is 6.54 Å². The van der Waals surface area contributed by atoms with Crippen molar-refractivity contribution in [3.8, 4) is 11.4 Å². The quantitative estimate of drug-likeness (QED) is 0.939. The summed E-state index contributed by atoms with van der Waals surface area (Å²) in [5, 5.41) is 13.6. The second-order valence-corrected chi connectivity index (χ2v) is 6.33. The molecule has 2 heterocycles. The van der Waals surface area contributed by atoms with E-state index in [1.54, 1.807) is 19.1 Å². The highest BCUT2D eigenvalue weighted by Crippen LogP contribution is 2.23. The largest absolute Gasteiger partial charge is 0.393 e. The van der Waals surface area contributed by atoms with Crippen LogP contribution in [0.3, 0.4) is 0 Å². The minimum atomic E-state index is -0.269. The van der Waals surface area contributed by atoms with Gasteiger partial charge in [-0.2, -0.15) is 4.98 Å². The number of aromatic nitrogens is 2. The van der Waals surface area contributed by atoms with Gasteiger partial charge >= 0.3 is 0 Å². The summed E-state index contributed by atoms with van der Waals surface area (Å²) >= 11 is 0. The Balaban J connectivity index is 1.63. The van der Waals surface area contributed by atoms with Crippen molar-refractivity contribution in [1.29, 1.82) is 0 Å². The van der Waals surface area contributed by atoms with E-state index >= 15 is 0 Å². The maximum atomic E-state index is 13.6. The Kier molecular flexibility index (Phi) is 4.73. The van der Waals surface area contributed by atoms with Crippen LogP contribution < -0.4 is 0 Å². The Bertz CT molecular complexity index is 664. The minimum absolute atomic E-state index is 0.247. The van der Waals surface area contributed by atoms with Gasteiger partial charge in [0, 0.05) is 5.56 Å². The molecule has 1 aromatic heterocycles. The van der Waals surface area contributed by atoms with E-state index in [1.807, 2.05) is 6.92 Å². The maximum absolute atomic E-state index is 13.6. The minimum Gasteiger partial charge on any atom is -0.393 e. The van der Waals surface area contributed by atoms with Crippen molar-refractivity contribution >= 4 is 0 Å². The molecule has 2 aromatic rings. The molecule has 1 N–H and O–H groups in total. The first-order valence-corrected chi connectivity index (χ1v) is 8.02. The average molecular weight is 319 g/mol. The van der Waals surface area contributed by atoms with Gasteiger partial charge in [-0.05, 0) is 57.3 Å². The van der Waals surface area contributed by atoms with Crippen LogP contribution in [0.4, 0.5) is 4.39 Å². The lowest BCUT2D eigenvalue weighted by Crippen LogP contribution is -2.36. The third-order valence-corrected chi connectivity index (χ3v) is 4.57.